The molecule has 4 aliphatic rings. The van der Waals surface area contributed by atoms with E-state index in [2.05, 4.69) is 22.6 Å². The van der Waals surface area contributed by atoms with Crippen molar-refractivity contribution >= 4 is 40.5 Å². The highest BCUT2D eigenvalue weighted by Gasteiger charge is 2.59. The average Bonchev–Trinajstić information content (AvgIpc) is 2.78. The van der Waals surface area contributed by atoms with Gasteiger partial charge in [0.05, 0.1) is 10.8 Å². The molecule has 0 heterocycles. The van der Waals surface area contributed by atoms with E-state index in [0.717, 1.165) is 41.2 Å². The second kappa shape index (κ2) is 10.3. The van der Waals surface area contributed by atoms with Crippen LogP contribution in [-0.4, -0.2) is 29.6 Å². The van der Waals surface area contributed by atoms with Crippen LogP contribution in [0.2, 0.25) is 0 Å². The molecule has 3 atom stereocenters. The minimum absolute atomic E-state index is 0.140. The molecule has 3 unspecified atom stereocenters. The number of rotatable bonds is 9. The van der Waals surface area contributed by atoms with Crippen molar-refractivity contribution < 1.29 is 28.6 Å². The topological polar surface area (TPSA) is 78.9 Å². The van der Waals surface area contributed by atoms with Crippen molar-refractivity contribution in [2.24, 2.45) is 28.6 Å². The standard InChI is InChI=1S/C29H39IO6/c1-6-28(5,17-27(3,4)25(32)34-16-19-8-7-9-23(30)12-19)26(33)35-24-21-10-20-11-22(24)15-29(13-20,14-21)36-18(2)31/h7-9,12,20-22,24H,6,10-11,13-17H2,1-5H3. The minimum Gasteiger partial charge on any atom is -0.461 e. The number of hydrogen-bond donors (Lipinski definition) is 0. The Balaban J connectivity index is 1.39. The summed E-state index contributed by atoms with van der Waals surface area (Å²) in [5.74, 6) is 0.227. The van der Waals surface area contributed by atoms with Crippen LogP contribution in [0.1, 0.15) is 85.1 Å². The largest absolute Gasteiger partial charge is 0.461 e. The van der Waals surface area contributed by atoms with Gasteiger partial charge in [-0.2, -0.15) is 0 Å². The number of hydrogen-bond acceptors (Lipinski definition) is 6. The Morgan fingerprint density at radius 1 is 1.06 bits per heavy atom. The lowest BCUT2D eigenvalue weighted by Gasteiger charge is -2.58. The molecule has 0 aromatic heterocycles. The summed E-state index contributed by atoms with van der Waals surface area (Å²) < 4.78 is 18.8. The van der Waals surface area contributed by atoms with Gasteiger partial charge in [0.1, 0.15) is 18.3 Å². The monoisotopic (exact) mass is 610 g/mol. The van der Waals surface area contributed by atoms with Gasteiger partial charge in [-0.1, -0.05) is 19.1 Å². The Labute approximate surface area is 228 Å². The zero-order valence-corrected chi connectivity index (χ0v) is 24.3. The summed E-state index contributed by atoms with van der Waals surface area (Å²) in [6.07, 6.45) is 5.31. The van der Waals surface area contributed by atoms with E-state index in [1.807, 2.05) is 52.0 Å². The molecule has 4 aliphatic carbocycles. The Morgan fingerprint density at radius 3 is 2.31 bits per heavy atom. The van der Waals surface area contributed by atoms with Gasteiger partial charge in [-0.25, -0.2) is 0 Å². The zero-order valence-electron chi connectivity index (χ0n) is 22.1. The first-order chi connectivity index (χ1) is 16.8. The molecular weight excluding hydrogens is 571 g/mol. The summed E-state index contributed by atoms with van der Waals surface area (Å²) in [5, 5.41) is 0. The summed E-state index contributed by atoms with van der Waals surface area (Å²) >= 11 is 2.24. The smallest absolute Gasteiger partial charge is 0.312 e. The molecular formula is C29H39IO6. The van der Waals surface area contributed by atoms with Crippen LogP contribution in [0, 0.1) is 32.2 Å². The van der Waals surface area contributed by atoms with Crippen molar-refractivity contribution in [2.45, 2.75) is 97.9 Å². The molecule has 5 rings (SSSR count). The number of ether oxygens (including phenoxy) is 3. The van der Waals surface area contributed by atoms with E-state index in [9.17, 15) is 14.4 Å². The maximum absolute atomic E-state index is 13.6. The van der Waals surface area contributed by atoms with E-state index >= 15 is 0 Å². The van der Waals surface area contributed by atoms with E-state index < -0.39 is 10.8 Å². The lowest BCUT2D eigenvalue weighted by Crippen LogP contribution is -2.59. The number of halogens is 1. The van der Waals surface area contributed by atoms with Crippen LogP contribution in [0.25, 0.3) is 0 Å². The normalized spacial score (nSPS) is 30.4. The predicted octanol–water partition coefficient (Wildman–Crippen LogP) is 6.22. The fourth-order valence-corrected chi connectivity index (χ4v) is 7.76. The van der Waals surface area contributed by atoms with Crippen molar-refractivity contribution in [3.63, 3.8) is 0 Å². The molecule has 0 amide bonds. The third-order valence-electron chi connectivity index (χ3n) is 8.65. The Morgan fingerprint density at radius 2 is 1.72 bits per heavy atom. The molecule has 6 nitrogen and oxygen atoms in total. The van der Waals surface area contributed by atoms with Crippen molar-refractivity contribution in [3.05, 3.63) is 33.4 Å². The van der Waals surface area contributed by atoms with Crippen molar-refractivity contribution in [1.29, 1.82) is 0 Å². The maximum Gasteiger partial charge on any atom is 0.312 e. The van der Waals surface area contributed by atoms with E-state index in [1.165, 1.54) is 6.92 Å². The average molecular weight is 611 g/mol. The quantitative estimate of drug-likeness (QED) is 0.188. The summed E-state index contributed by atoms with van der Waals surface area (Å²) in [7, 11) is 0. The van der Waals surface area contributed by atoms with Crippen LogP contribution in [0.3, 0.4) is 0 Å². The third-order valence-corrected chi connectivity index (χ3v) is 9.32. The highest BCUT2D eigenvalue weighted by atomic mass is 127. The van der Waals surface area contributed by atoms with Crippen molar-refractivity contribution in [3.8, 4) is 0 Å². The van der Waals surface area contributed by atoms with Gasteiger partial charge < -0.3 is 14.2 Å². The first-order valence-corrected chi connectivity index (χ1v) is 14.2. The van der Waals surface area contributed by atoms with Gasteiger partial charge >= 0.3 is 17.9 Å². The highest BCUT2D eigenvalue weighted by Crippen LogP contribution is 2.58. The van der Waals surface area contributed by atoms with Gasteiger partial charge in [0.25, 0.3) is 0 Å². The number of benzene rings is 1. The molecule has 4 bridgehead atoms. The molecule has 0 saturated heterocycles. The number of carbonyl (C=O) groups is 3. The molecule has 36 heavy (non-hydrogen) atoms. The first-order valence-electron chi connectivity index (χ1n) is 13.2. The van der Waals surface area contributed by atoms with Gasteiger partial charge in [0.2, 0.25) is 0 Å². The van der Waals surface area contributed by atoms with Gasteiger partial charge in [0, 0.05) is 22.3 Å². The molecule has 198 valence electrons. The highest BCUT2D eigenvalue weighted by molar-refractivity contribution is 14.1. The van der Waals surface area contributed by atoms with Gasteiger partial charge in [0.15, 0.2) is 0 Å². The summed E-state index contributed by atoms with van der Waals surface area (Å²) in [6, 6.07) is 7.86. The lowest BCUT2D eigenvalue weighted by molar-refractivity contribution is -0.218. The zero-order chi connectivity index (χ0) is 26.3. The third kappa shape index (κ3) is 5.76. The second-order valence-corrected chi connectivity index (χ2v) is 13.5. The lowest BCUT2D eigenvalue weighted by atomic mass is 9.53. The predicted molar refractivity (Wildman–Crippen MR) is 144 cm³/mol. The molecule has 0 N–H and O–H groups in total. The fourth-order valence-electron chi connectivity index (χ4n) is 7.15. The van der Waals surface area contributed by atoms with Crippen LogP contribution in [0.4, 0.5) is 0 Å². The Bertz CT molecular complexity index is 1000. The Hall–Kier alpha value is -1.64. The van der Waals surface area contributed by atoms with E-state index in [1.54, 1.807) is 0 Å². The van der Waals surface area contributed by atoms with Crippen molar-refractivity contribution in [1.82, 2.24) is 0 Å². The first kappa shape index (κ1) is 27.4. The van der Waals surface area contributed by atoms with Crippen LogP contribution in [-0.2, 0) is 35.2 Å². The van der Waals surface area contributed by atoms with Gasteiger partial charge in [-0.05, 0) is 112 Å². The molecule has 1 aromatic carbocycles. The van der Waals surface area contributed by atoms with E-state index in [4.69, 9.17) is 14.2 Å². The molecule has 7 heteroatoms. The van der Waals surface area contributed by atoms with Crippen LogP contribution < -0.4 is 0 Å². The summed E-state index contributed by atoms with van der Waals surface area (Å²) in [4.78, 5) is 38.4. The second-order valence-electron chi connectivity index (χ2n) is 12.3. The maximum atomic E-state index is 13.6. The molecule has 0 aliphatic heterocycles. The van der Waals surface area contributed by atoms with Crippen LogP contribution in [0.5, 0.6) is 0 Å². The molecule has 0 spiro atoms. The number of esters is 3. The Kier molecular flexibility index (Phi) is 7.81. The van der Waals surface area contributed by atoms with E-state index in [0.29, 0.717) is 18.8 Å². The van der Waals surface area contributed by atoms with Crippen molar-refractivity contribution in [2.75, 3.05) is 0 Å². The fraction of sp³-hybridized carbons (Fsp3) is 0.690. The molecule has 0 radical (unpaired) electrons. The SMILES string of the molecule is CCC(C)(CC(C)(C)C(=O)OCc1cccc(I)c1)C(=O)OC1C2CC3CC1CC(OC(C)=O)(C3)C2. The molecule has 1 aromatic rings. The van der Waals surface area contributed by atoms with Crippen LogP contribution in [0.15, 0.2) is 24.3 Å². The number of carbonyl (C=O) groups excluding carboxylic acids is 3. The molecule has 4 saturated carbocycles. The van der Waals surface area contributed by atoms with Gasteiger partial charge in [-0.3, -0.25) is 14.4 Å². The minimum atomic E-state index is -0.838. The molecule has 4 fully saturated rings. The van der Waals surface area contributed by atoms with Crippen LogP contribution >= 0.6 is 22.6 Å². The summed E-state index contributed by atoms with van der Waals surface area (Å²) in [5.41, 5.74) is -1.07. The van der Waals surface area contributed by atoms with E-state index in [-0.39, 0.29) is 48.1 Å². The summed E-state index contributed by atoms with van der Waals surface area (Å²) in [6.45, 7) is 9.26. The van der Waals surface area contributed by atoms with Gasteiger partial charge in [-0.15, -0.1) is 0 Å².